The van der Waals surface area contributed by atoms with Crippen LogP contribution < -0.4 is 4.90 Å². The molecule has 0 saturated heterocycles. The first kappa shape index (κ1) is 23.0. The predicted octanol–water partition coefficient (Wildman–Crippen LogP) is 7.93. The number of carbonyl (C=O) groups is 1. The maximum atomic E-state index is 14.4. The maximum Gasteiger partial charge on any atom is 0.227 e. The van der Waals surface area contributed by atoms with Gasteiger partial charge in [-0.3, -0.25) is 4.79 Å². The van der Waals surface area contributed by atoms with Gasteiger partial charge < -0.3 is 4.90 Å². The van der Waals surface area contributed by atoms with Crippen molar-refractivity contribution in [2.75, 3.05) is 11.4 Å². The van der Waals surface area contributed by atoms with Gasteiger partial charge in [-0.15, -0.1) is 0 Å². The molecule has 0 spiro atoms. The first-order valence-corrected chi connectivity index (χ1v) is 14.5. The number of fused-ring (bicyclic) bond motifs is 6. The van der Waals surface area contributed by atoms with Gasteiger partial charge in [-0.2, -0.15) is 0 Å². The average molecular weight is 466 g/mol. The molecule has 1 aromatic carbocycles. The zero-order chi connectivity index (χ0) is 23.5. The molecule has 6 rings (SSSR count). The summed E-state index contributed by atoms with van der Waals surface area (Å²) in [6.07, 6.45) is 18.0. The van der Waals surface area contributed by atoms with E-state index in [1.807, 2.05) is 6.07 Å². The molecule has 4 fully saturated rings. The molecule has 0 bridgehead atoms. The quantitative estimate of drug-likeness (QED) is 0.442. The van der Waals surface area contributed by atoms with Crippen LogP contribution in [0.2, 0.25) is 0 Å². The number of amides is 1. The van der Waals surface area contributed by atoms with E-state index in [9.17, 15) is 9.18 Å². The summed E-state index contributed by atoms with van der Waals surface area (Å²) < 4.78 is 14.4. The highest BCUT2D eigenvalue weighted by atomic mass is 19.1. The number of rotatable bonds is 4. The molecule has 1 amide bonds. The van der Waals surface area contributed by atoms with Crippen molar-refractivity contribution in [3.8, 4) is 0 Å². The summed E-state index contributed by atoms with van der Waals surface area (Å²) in [6.45, 7) is 5.93. The van der Waals surface area contributed by atoms with Crippen LogP contribution >= 0.6 is 0 Å². The van der Waals surface area contributed by atoms with Crippen LogP contribution in [0.1, 0.15) is 103 Å². The first-order valence-electron chi connectivity index (χ1n) is 14.5. The van der Waals surface area contributed by atoms with Crippen molar-refractivity contribution >= 4 is 11.6 Å². The molecule has 186 valence electrons. The number of hydrogen-bond acceptors (Lipinski definition) is 1. The topological polar surface area (TPSA) is 20.3 Å². The number of halogens is 1. The first-order chi connectivity index (χ1) is 16.4. The lowest BCUT2D eigenvalue weighted by Crippen LogP contribution is -2.52. The second-order valence-electron chi connectivity index (χ2n) is 13.2. The van der Waals surface area contributed by atoms with Gasteiger partial charge in [0.2, 0.25) is 5.91 Å². The lowest BCUT2D eigenvalue weighted by molar-refractivity contribution is -0.119. The van der Waals surface area contributed by atoms with Crippen molar-refractivity contribution in [2.45, 2.75) is 104 Å². The predicted molar refractivity (Wildman–Crippen MR) is 136 cm³/mol. The summed E-state index contributed by atoms with van der Waals surface area (Å²) in [5, 5.41) is 0. The van der Waals surface area contributed by atoms with E-state index >= 15 is 0 Å². The number of anilines is 1. The molecule has 1 aliphatic heterocycles. The van der Waals surface area contributed by atoms with E-state index in [4.69, 9.17) is 0 Å². The lowest BCUT2D eigenvalue weighted by atomic mass is 9.45. The molecule has 0 N–H and O–H groups in total. The minimum Gasteiger partial charge on any atom is -0.309 e. The summed E-state index contributed by atoms with van der Waals surface area (Å²) in [7, 11) is 0. The Balaban J connectivity index is 1.08. The van der Waals surface area contributed by atoms with Crippen LogP contribution in [0.25, 0.3) is 0 Å². The maximum absolute atomic E-state index is 14.4. The second kappa shape index (κ2) is 8.63. The fraction of sp³-hybridized carbons (Fsp3) is 0.774. The number of nitrogens with zero attached hydrogens (tertiary/aromatic N) is 1. The summed E-state index contributed by atoms with van der Waals surface area (Å²) in [5.74, 6) is 4.47. The van der Waals surface area contributed by atoms with E-state index in [2.05, 4.69) is 13.8 Å². The Morgan fingerprint density at radius 2 is 1.85 bits per heavy atom. The van der Waals surface area contributed by atoms with Gasteiger partial charge in [0.05, 0.1) is 5.69 Å². The van der Waals surface area contributed by atoms with Gasteiger partial charge in [-0.05, 0) is 123 Å². The molecule has 34 heavy (non-hydrogen) atoms. The number of para-hydroxylation sites is 1. The Hall–Kier alpha value is -1.38. The zero-order valence-electron chi connectivity index (χ0n) is 21.5. The van der Waals surface area contributed by atoms with Crippen molar-refractivity contribution in [3.05, 3.63) is 29.6 Å². The van der Waals surface area contributed by atoms with Crippen molar-refractivity contribution in [3.63, 3.8) is 0 Å². The zero-order valence-corrected chi connectivity index (χ0v) is 21.5. The van der Waals surface area contributed by atoms with Gasteiger partial charge in [0.15, 0.2) is 0 Å². The molecule has 4 aliphatic carbocycles. The highest BCUT2D eigenvalue weighted by molar-refractivity contribution is 5.95. The molecule has 0 radical (unpaired) electrons. The number of benzene rings is 1. The highest BCUT2D eigenvalue weighted by Crippen LogP contribution is 2.67. The van der Waals surface area contributed by atoms with Crippen molar-refractivity contribution in [1.29, 1.82) is 0 Å². The molecule has 1 heterocycles. The van der Waals surface area contributed by atoms with Gasteiger partial charge in [-0.1, -0.05) is 38.8 Å². The van der Waals surface area contributed by atoms with Crippen LogP contribution in [-0.4, -0.2) is 12.5 Å². The fourth-order valence-corrected chi connectivity index (χ4v) is 10.2. The van der Waals surface area contributed by atoms with Crippen molar-refractivity contribution < 1.29 is 9.18 Å². The Labute approximate surface area is 206 Å². The minimum absolute atomic E-state index is 0.121. The van der Waals surface area contributed by atoms with Gasteiger partial charge >= 0.3 is 0 Å². The fourth-order valence-electron chi connectivity index (χ4n) is 10.2. The molecule has 7 atom stereocenters. The van der Waals surface area contributed by atoms with Crippen LogP contribution in [0, 0.1) is 46.2 Å². The normalized spacial score (nSPS) is 40.9. The Bertz CT molecular complexity index is 943. The minimum atomic E-state index is -0.243. The van der Waals surface area contributed by atoms with E-state index in [1.54, 1.807) is 11.0 Å². The standard InChI is InChI=1S/C31H44FNO/c1-30-18-4-3-8-22(30)12-14-24-25-15-13-23(31(25,2)19-16-26(24)30)9-6-11-28(34)33-20-17-21-7-5-10-27(32)29(21)33/h5,7,10,22-26H,3-4,6,8-9,11-20H2,1-2H3. The summed E-state index contributed by atoms with van der Waals surface area (Å²) >= 11 is 0. The SMILES string of the molecule is CC12CCCCC1CCC1C2CCC2(C)C(CCCC(=O)N3CCc4cccc(F)c43)CCC12. The second-order valence-corrected chi connectivity index (χ2v) is 13.2. The average Bonchev–Trinajstić information content (AvgIpc) is 3.41. The number of carbonyl (C=O) groups excluding carboxylic acids is 1. The van der Waals surface area contributed by atoms with Crippen molar-refractivity contribution in [2.24, 2.45) is 40.4 Å². The Kier molecular flexibility index (Phi) is 5.85. The monoisotopic (exact) mass is 465 g/mol. The molecular formula is C31H44FNO. The number of hydrogen-bond donors (Lipinski definition) is 0. The van der Waals surface area contributed by atoms with Gasteiger partial charge in [0.1, 0.15) is 5.82 Å². The smallest absolute Gasteiger partial charge is 0.227 e. The Morgan fingerprint density at radius 3 is 2.74 bits per heavy atom. The van der Waals surface area contributed by atoms with Crippen LogP contribution in [0.4, 0.5) is 10.1 Å². The molecule has 5 aliphatic rings. The largest absolute Gasteiger partial charge is 0.309 e. The Morgan fingerprint density at radius 1 is 1.00 bits per heavy atom. The van der Waals surface area contributed by atoms with Crippen LogP contribution in [0.5, 0.6) is 0 Å². The van der Waals surface area contributed by atoms with E-state index in [1.165, 1.54) is 76.7 Å². The van der Waals surface area contributed by atoms with E-state index < -0.39 is 0 Å². The summed E-state index contributed by atoms with van der Waals surface area (Å²) in [5.41, 5.74) is 2.63. The van der Waals surface area contributed by atoms with E-state index in [0.717, 1.165) is 48.0 Å². The van der Waals surface area contributed by atoms with Crippen molar-refractivity contribution in [1.82, 2.24) is 0 Å². The molecule has 2 nitrogen and oxygen atoms in total. The molecule has 4 saturated carbocycles. The van der Waals surface area contributed by atoms with Crippen LogP contribution in [-0.2, 0) is 11.2 Å². The third-order valence-corrected chi connectivity index (χ3v) is 12.0. The van der Waals surface area contributed by atoms with Gasteiger partial charge in [0, 0.05) is 13.0 Å². The molecule has 1 aromatic rings. The third-order valence-electron chi connectivity index (χ3n) is 12.0. The molecule has 7 unspecified atom stereocenters. The van der Waals surface area contributed by atoms with Crippen LogP contribution in [0.15, 0.2) is 18.2 Å². The van der Waals surface area contributed by atoms with Crippen LogP contribution in [0.3, 0.4) is 0 Å². The summed E-state index contributed by atoms with van der Waals surface area (Å²) in [6, 6.07) is 5.21. The molecule has 3 heteroatoms. The molecular weight excluding hydrogens is 421 g/mol. The molecule has 0 aromatic heterocycles. The van der Waals surface area contributed by atoms with Gasteiger partial charge in [-0.25, -0.2) is 4.39 Å². The highest BCUT2D eigenvalue weighted by Gasteiger charge is 2.59. The van der Waals surface area contributed by atoms with E-state index in [-0.39, 0.29) is 11.7 Å². The third kappa shape index (κ3) is 3.50. The van der Waals surface area contributed by atoms with E-state index in [0.29, 0.717) is 29.5 Å². The summed E-state index contributed by atoms with van der Waals surface area (Å²) in [4.78, 5) is 14.7. The van der Waals surface area contributed by atoms with Gasteiger partial charge in [0.25, 0.3) is 0 Å². The lowest BCUT2D eigenvalue weighted by Gasteiger charge is -2.60.